The average molecular weight is 288 g/mol. The highest BCUT2D eigenvalue weighted by Gasteiger charge is 2.08. The van der Waals surface area contributed by atoms with Gasteiger partial charge in [0.2, 0.25) is 11.9 Å². The molecule has 0 spiro atoms. The predicted octanol–water partition coefficient (Wildman–Crippen LogP) is 1.86. The Morgan fingerprint density at radius 2 is 1.86 bits per heavy atom. The third-order valence-corrected chi connectivity index (χ3v) is 2.78. The van der Waals surface area contributed by atoms with Crippen molar-refractivity contribution in [2.45, 2.75) is 33.4 Å². The zero-order chi connectivity index (χ0) is 15.2. The highest BCUT2D eigenvalue weighted by Crippen LogP contribution is 2.14. The van der Waals surface area contributed by atoms with Crippen LogP contribution in [0.5, 0.6) is 6.01 Å². The van der Waals surface area contributed by atoms with Gasteiger partial charge in [-0.25, -0.2) is 5.84 Å². The van der Waals surface area contributed by atoms with E-state index in [1.54, 1.807) is 0 Å². The molecular weight excluding hydrogens is 268 g/mol. The summed E-state index contributed by atoms with van der Waals surface area (Å²) in [6.07, 6.45) is -0.0257. The van der Waals surface area contributed by atoms with E-state index in [9.17, 15) is 0 Å². The van der Waals surface area contributed by atoms with Crippen LogP contribution in [0.2, 0.25) is 0 Å². The molecule has 1 aromatic carbocycles. The fourth-order valence-corrected chi connectivity index (χ4v) is 1.75. The molecule has 0 aliphatic heterocycles. The standard InChI is InChI=1S/C14H20N6O/c1-9(2)21-14-18-12(17-13(19-14)20-15)16-8-11-7-5-4-6-10(11)3/h4-7,9H,8,15H2,1-3H3,(H2,16,17,18,19,20). The van der Waals surface area contributed by atoms with Crippen LogP contribution in [0.4, 0.5) is 11.9 Å². The molecule has 112 valence electrons. The van der Waals surface area contributed by atoms with Crippen molar-refractivity contribution in [1.29, 1.82) is 0 Å². The first-order valence-electron chi connectivity index (χ1n) is 6.76. The summed E-state index contributed by atoms with van der Waals surface area (Å²) in [6, 6.07) is 8.35. The fraction of sp³-hybridized carbons (Fsp3) is 0.357. The molecule has 1 aromatic heterocycles. The predicted molar refractivity (Wildman–Crippen MR) is 81.9 cm³/mol. The quantitative estimate of drug-likeness (QED) is 0.551. The number of hydrogen-bond acceptors (Lipinski definition) is 7. The van der Waals surface area contributed by atoms with Gasteiger partial charge in [0, 0.05) is 6.54 Å². The van der Waals surface area contributed by atoms with Crippen molar-refractivity contribution >= 4 is 11.9 Å². The second-order valence-corrected chi connectivity index (χ2v) is 4.86. The number of nitrogens with zero attached hydrogens (tertiary/aromatic N) is 3. The van der Waals surface area contributed by atoms with Crippen LogP contribution >= 0.6 is 0 Å². The maximum atomic E-state index is 5.48. The van der Waals surface area contributed by atoms with E-state index in [4.69, 9.17) is 10.6 Å². The van der Waals surface area contributed by atoms with Crippen LogP contribution in [0.15, 0.2) is 24.3 Å². The van der Waals surface area contributed by atoms with Crippen LogP contribution in [0.3, 0.4) is 0 Å². The van der Waals surface area contributed by atoms with E-state index in [1.807, 2.05) is 26.0 Å². The van der Waals surface area contributed by atoms with Gasteiger partial charge < -0.3 is 10.1 Å². The van der Waals surface area contributed by atoms with E-state index in [0.29, 0.717) is 12.5 Å². The number of nitrogen functional groups attached to an aromatic ring is 1. The van der Waals surface area contributed by atoms with Gasteiger partial charge >= 0.3 is 6.01 Å². The Balaban J connectivity index is 2.13. The van der Waals surface area contributed by atoms with Gasteiger partial charge in [-0.05, 0) is 31.9 Å². The van der Waals surface area contributed by atoms with E-state index in [2.05, 4.69) is 44.8 Å². The Hall–Kier alpha value is -2.41. The van der Waals surface area contributed by atoms with Crippen LogP contribution in [0.25, 0.3) is 0 Å². The van der Waals surface area contributed by atoms with Crippen molar-refractivity contribution in [3.05, 3.63) is 35.4 Å². The van der Waals surface area contributed by atoms with Crippen molar-refractivity contribution in [1.82, 2.24) is 15.0 Å². The van der Waals surface area contributed by atoms with E-state index < -0.39 is 0 Å². The molecule has 0 atom stereocenters. The molecule has 4 N–H and O–H groups in total. The number of rotatable bonds is 6. The number of hydrazine groups is 1. The first-order chi connectivity index (χ1) is 10.1. The highest BCUT2D eigenvalue weighted by atomic mass is 16.5. The smallest absolute Gasteiger partial charge is 0.323 e. The van der Waals surface area contributed by atoms with Crippen molar-refractivity contribution in [3.63, 3.8) is 0 Å². The summed E-state index contributed by atoms with van der Waals surface area (Å²) in [7, 11) is 0. The molecule has 0 fully saturated rings. The normalized spacial score (nSPS) is 10.5. The molecular formula is C14H20N6O. The Kier molecular flexibility index (Phi) is 4.89. The highest BCUT2D eigenvalue weighted by molar-refractivity contribution is 5.37. The van der Waals surface area contributed by atoms with E-state index in [0.717, 1.165) is 0 Å². The molecule has 2 rings (SSSR count). The lowest BCUT2D eigenvalue weighted by atomic mass is 10.1. The largest absolute Gasteiger partial charge is 0.461 e. The summed E-state index contributed by atoms with van der Waals surface area (Å²) in [5, 5.41) is 3.15. The molecule has 0 aliphatic rings. The molecule has 7 nitrogen and oxygen atoms in total. The van der Waals surface area contributed by atoms with Gasteiger partial charge in [0.05, 0.1) is 6.10 Å². The maximum Gasteiger partial charge on any atom is 0.323 e. The molecule has 0 aliphatic carbocycles. The number of nitrogens with one attached hydrogen (secondary N) is 2. The molecule has 1 heterocycles. The number of benzene rings is 1. The third kappa shape index (κ3) is 4.28. The number of aromatic nitrogens is 3. The molecule has 0 saturated carbocycles. The number of ether oxygens (including phenoxy) is 1. The Morgan fingerprint density at radius 1 is 1.14 bits per heavy atom. The molecule has 0 amide bonds. The minimum Gasteiger partial charge on any atom is -0.461 e. The summed E-state index contributed by atoms with van der Waals surface area (Å²) in [6.45, 7) is 6.48. The summed E-state index contributed by atoms with van der Waals surface area (Å²) in [4.78, 5) is 12.4. The molecule has 0 saturated heterocycles. The van der Waals surface area contributed by atoms with Crippen molar-refractivity contribution in [2.24, 2.45) is 5.84 Å². The van der Waals surface area contributed by atoms with Gasteiger partial charge in [0.25, 0.3) is 0 Å². The van der Waals surface area contributed by atoms with Gasteiger partial charge in [-0.1, -0.05) is 24.3 Å². The Labute approximate surface area is 123 Å². The SMILES string of the molecule is Cc1ccccc1CNc1nc(NN)nc(OC(C)C)n1. The van der Waals surface area contributed by atoms with Crippen LogP contribution < -0.4 is 21.3 Å². The third-order valence-electron chi connectivity index (χ3n) is 2.78. The first-order valence-corrected chi connectivity index (χ1v) is 6.76. The zero-order valence-corrected chi connectivity index (χ0v) is 12.4. The van der Waals surface area contributed by atoms with Gasteiger partial charge in [-0.15, -0.1) is 0 Å². The van der Waals surface area contributed by atoms with Gasteiger partial charge in [-0.2, -0.15) is 15.0 Å². The Bertz CT molecular complexity index is 602. The van der Waals surface area contributed by atoms with Gasteiger partial charge in [0.15, 0.2) is 0 Å². The first kappa shape index (κ1) is 15.0. The Morgan fingerprint density at radius 3 is 2.52 bits per heavy atom. The summed E-state index contributed by atoms with van der Waals surface area (Å²) in [5.41, 5.74) is 4.78. The van der Waals surface area contributed by atoms with Crippen LogP contribution in [-0.4, -0.2) is 21.1 Å². The number of hydrogen-bond donors (Lipinski definition) is 3. The molecule has 0 radical (unpaired) electrons. The lowest BCUT2D eigenvalue weighted by Gasteiger charge is -2.11. The second-order valence-electron chi connectivity index (χ2n) is 4.86. The monoisotopic (exact) mass is 288 g/mol. The van der Waals surface area contributed by atoms with Gasteiger partial charge in [-0.3, -0.25) is 5.43 Å². The lowest BCUT2D eigenvalue weighted by Crippen LogP contribution is -2.16. The van der Waals surface area contributed by atoms with Crippen molar-refractivity contribution < 1.29 is 4.74 Å². The fourth-order valence-electron chi connectivity index (χ4n) is 1.75. The van der Waals surface area contributed by atoms with Crippen LogP contribution in [-0.2, 0) is 6.54 Å². The minimum atomic E-state index is -0.0257. The van der Waals surface area contributed by atoms with Gasteiger partial charge in [0.1, 0.15) is 0 Å². The average Bonchev–Trinajstić information content (AvgIpc) is 2.45. The van der Waals surface area contributed by atoms with E-state index in [1.165, 1.54) is 11.1 Å². The van der Waals surface area contributed by atoms with E-state index >= 15 is 0 Å². The summed E-state index contributed by atoms with van der Waals surface area (Å²) < 4.78 is 5.48. The molecule has 0 bridgehead atoms. The van der Waals surface area contributed by atoms with Crippen LogP contribution in [0.1, 0.15) is 25.0 Å². The number of anilines is 2. The van der Waals surface area contributed by atoms with E-state index in [-0.39, 0.29) is 18.1 Å². The van der Waals surface area contributed by atoms with Crippen molar-refractivity contribution in [2.75, 3.05) is 10.7 Å². The minimum absolute atomic E-state index is 0.0257. The topological polar surface area (TPSA) is 98.0 Å². The van der Waals surface area contributed by atoms with Crippen molar-refractivity contribution in [3.8, 4) is 6.01 Å². The number of aryl methyl sites for hydroxylation is 1. The lowest BCUT2D eigenvalue weighted by molar-refractivity contribution is 0.222. The molecule has 2 aromatic rings. The number of nitrogens with two attached hydrogens (primary N) is 1. The second kappa shape index (κ2) is 6.85. The molecule has 21 heavy (non-hydrogen) atoms. The molecule has 7 heteroatoms. The zero-order valence-electron chi connectivity index (χ0n) is 12.4. The summed E-state index contributed by atoms with van der Waals surface area (Å²) in [5.74, 6) is 6.03. The molecule has 0 unspecified atom stereocenters. The maximum absolute atomic E-state index is 5.48. The summed E-state index contributed by atoms with van der Waals surface area (Å²) >= 11 is 0. The van der Waals surface area contributed by atoms with Crippen LogP contribution in [0, 0.1) is 6.92 Å².